The molecule has 0 aliphatic carbocycles. The van der Waals surface area contributed by atoms with Crippen LogP contribution in [0.1, 0.15) is 59.8 Å². The summed E-state index contributed by atoms with van der Waals surface area (Å²) in [7, 11) is 1.73. The molecule has 2 amide bonds. The third-order valence-corrected chi connectivity index (χ3v) is 6.59. The summed E-state index contributed by atoms with van der Waals surface area (Å²) in [5, 5.41) is 25.6. The second-order valence-electron chi connectivity index (χ2n) is 8.96. The van der Waals surface area contributed by atoms with E-state index >= 15 is 0 Å². The van der Waals surface area contributed by atoms with Gasteiger partial charge in [0.15, 0.2) is 11.0 Å². The average molecular weight is 555 g/mol. The van der Waals surface area contributed by atoms with Gasteiger partial charge in [-0.15, -0.1) is 10.2 Å². The van der Waals surface area contributed by atoms with E-state index in [1.54, 1.807) is 35.9 Å². The SMILES string of the molecule is CCCOC(=O)c1cccc(NC(=O)CSc2nnc([C@H](NC(=O)c3cccc([N+](=O)[O-])c3)C(C)C)n2C)c1. The third-order valence-electron chi connectivity index (χ3n) is 5.57. The molecule has 39 heavy (non-hydrogen) atoms. The Morgan fingerprint density at radius 1 is 1.10 bits per heavy atom. The predicted molar refractivity (Wildman–Crippen MR) is 146 cm³/mol. The number of carbonyl (C=O) groups is 3. The van der Waals surface area contributed by atoms with E-state index < -0.39 is 22.8 Å². The van der Waals surface area contributed by atoms with E-state index in [-0.39, 0.29) is 28.8 Å². The molecule has 0 saturated heterocycles. The van der Waals surface area contributed by atoms with E-state index in [4.69, 9.17) is 4.74 Å². The van der Waals surface area contributed by atoms with Gasteiger partial charge in [0, 0.05) is 30.4 Å². The summed E-state index contributed by atoms with van der Waals surface area (Å²) in [6, 6.07) is 11.5. The maximum absolute atomic E-state index is 12.9. The van der Waals surface area contributed by atoms with Gasteiger partial charge < -0.3 is 19.9 Å². The molecule has 3 rings (SSSR count). The van der Waals surface area contributed by atoms with Crippen molar-refractivity contribution in [2.45, 2.75) is 38.4 Å². The maximum atomic E-state index is 12.9. The Morgan fingerprint density at radius 3 is 2.51 bits per heavy atom. The van der Waals surface area contributed by atoms with Crippen LogP contribution in [0.2, 0.25) is 0 Å². The summed E-state index contributed by atoms with van der Waals surface area (Å²) in [5.41, 5.74) is 0.793. The average Bonchev–Trinajstić information content (AvgIpc) is 3.28. The van der Waals surface area contributed by atoms with Gasteiger partial charge in [-0.1, -0.05) is 44.7 Å². The number of carbonyl (C=O) groups excluding carboxylic acids is 3. The van der Waals surface area contributed by atoms with Gasteiger partial charge in [0.1, 0.15) is 0 Å². The largest absolute Gasteiger partial charge is 0.462 e. The number of thioether (sulfide) groups is 1. The lowest BCUT2D eigenvalue weighted by atomic mass is 10.0. The summed E-state index contributed by atoms with van der Waals surface area (Å²) < 4.78 is 6.83. The highest BCUT2D eigenvalue weighted by molar-refractivity contribution is 7.99. The molecule has 3 aromatic rings. The summed E-state index contributed by atoms with van der Waals surface area (Å²) >= 11 is 1.16. The maximum Gasteiger partial charge on any atom is 0.338 e. The zero-order chi connectivity index (χ0) is 28.5. The lowest BCUT2D eigenvalue weighted by molar-refractivity contribution is -0.384. The lowest BCUT2D eigenvalue weighted by Crippen LogP contribution is -2.33. The number of nitrogens with zero attached hydrogens (tertiary/aromatic N) is 4. The van der Waals surface area contributed by atoms with Crippen molar-refractivity contribution in [2.75, 3.05) is 17.7 Å². The van der Waals surface area contributed by atoms with Crippen LogP contribution in [0.5, 0.6) is 0 Å². The topological polar surface area (TPSA) is 158 Å². The van der Waals surface area contributed by atoms with Crippen molar-refractivity contribution < 1.29 is 24.0 Å². The highest BCUT2D eigenvalue weighted by Gasteiger charge is 2.26. The number of amides is 2. The molecule has 0 spiro atoms. The highest BCUT2D eigenvalue weighted by Crippen LogP contribution is 2.25. The van der Waals surface area contributed by atoms with Crippen LogP contribution in [-0.4, -0.2) is 49.8 Å². The number of nitro benzene ring substituents is 1. The Kier molecular flexibility index (Phi) is 10.1. The molecule has 12 nitrogen and oxygen atoms in total. The van der Waals surface area contributed by atoms with Crippen LogP contribution < -0.4 is 10.6 Å². The minimum Gasteiger partial charge on any atom is -0.462 e. The molecule has 1 atom stereocenters. The molecule has 0 saturated carbocycles. The molecular weight excluding hydrogens is 524 g/mol. The van der Waals surface area contributed by atoms with E-state index in [1.807, 2.05) is 20.8 Å². The van der Waals surface area contributed by atoms with Crippen molar-refractivity contribution in [3.8, 4) is 0 Å². The van der Waals surface area contributed by atoms with Gasteiger partial charge >= 0.3 is 5.97 Å². The molecule has 13 heteroatoms. The standard InChI is InChI=1S/C26H30N6O6S/c1-5-12-38-25(35)18-9-6-10-19(13-18)27-21(33)15-39-26-30-29-23(31(26)4)22(16(2)3)28-24(34)17-8-7-11-20(14-17)32(36)37/h6-11,13-14,16,22H,5,12,15H2,1-4H3,(H,27,33)(H,28,34)/t22-/m1/s1. The first-order valence-electron chi connectivity index (χ1n) is 12.2. The first kappa shape index (κ1) is 29.3. The summed E-state index contributed by atoms with van der Waals surface area (Å²) in [5.74, 6) is -0.801. The number of benzene rings is 2. The monoisotopic (exact) mass is 554 g/mol. The van der Waals surface area contributed by atoms with Crippen molar-refractivity contribution >= 4 is 40.9 Å². The van der Waals surface area contributed by atoms with E-state index in [0.29, 0.717) is 35.3 Å². The summed E-state index contributed by atoms with van der Waals surface area (Å²) in [6.45, 7) is 6.03. The summed E-state index contributed by atoms with van der Waals surface area (Å²) in [6.07, 6.45) is 0.714. The van der Waals surface area contributed by atoms with E-state index in [9.17, 15) is 24.5 Å². The van der Waals surface area contributed by atoms with Gasteiger partial charge in [0.2, 0.25) is 5.91 Å². The number of rotatable bonds is 12. The van der Waals surface area contributed by atoms with E-state index in [1.165, 1.54) is 24.3 Å². The molecule has 0 aliphatic heterocycles. The second-order valence-corrected chi connectivity index (χ2v) is 9.90. The fourth-order valence-electron chi connectivity index (χ4n) is 3.57. The van der Waals surface area contributed by atoms with Crippen molar-refractivity contribution in [2.24, 2.45) is 13.0 Å². The van der Waals surface area contributed by atoms with Gasteiger partial charge in [-0.05, 0) is 36.6 Å². The number of aromatic nitrogens is 3. The summed E-state index contributed by atoms with van der Waals surface area (Å²) in [4.78, 5) is 48.0. The Labute approximate surface area is 229 Å². The minimum absolute atomic E-state index is 0.0306. The molecule has 0 aliphatic rings. The highest BCUT2D eigenvalue weighted by atomic mass is 32.2. The Morgan fingerprint density at radius 2 is 1.82 bits per heavy atom. The number of nitrogens with one attached hydrogen (secondary N) is 2. The first-order valence-corrected chi connectivity index (χ1v) is 13.2. The van der Waals surface area contributed by atoms with Crippen LogP contribution in [0.3, 0.4) is 0 Å². The molecule has 206 valence electrons. The van der Waals surface area contributed by atoms with Gasteiger partial charge in [-0.2, -0.15) is 0 Å². The second kappa shape index (κ2) is 13.5. The van der Waals surface area contributed by atoms with E-state index in [0.717, 1.165) is 11.8 Å². The number of hydrogen-bond donors (Lipinski definition) is 2. The van der Waals surface area contributed by atoms with Crippen molar-refractivity contribution in [3.05, 3.63) is 75.6 Å². The molecule has 0 bridgehead atoms. The Hall–Kier alpha value is -4.26. The van der Waals surface area contributed by atoms with Crippen LogP contribution in [0.25, 0.3) is 0 Å². The minimum atomic E-state index is -0.558. The molecule has 0 fully saturated rings. The van der Waals surface area contributed by atoms with Crippen LogP contribution in [0, 0.1) is 16.0 Å². The molecule has 2 N–H and O–H groups in total. The Balaban J connectivity index is 1.64. The third kappa shape index (κ3) is 7.87. The lowest BCUT2D eigenvalue weighted by Gasteiger charge is -2.21. The molecule has 2 aromatic carbocycles. The van der Waals surface area contributed by atoms with Crippen LogP contribution in [0.4, 0.5) is 11.4 Å². The molecule has 1 aromatic heterocycles. The van der Waals surface area contributed by atoms with Crippen molar-refractivity contribution in [3.63, 3.8) is 0 Å². The number of hydrogen-bond acceptors (Lipinski definition) is 9. The molecule has 0 unspecified atom stereocenters. The van der Waals surface area contributed by atoms with Gasteiger partial charge in [-0.3, -0.25) is 19.7 Å². The van der Waals surface area contributed by atoms with Crippen molar-refractivity contribution in [1.82, 2.24) is 20.1 Å². The number of anilines is 1. The number of esters is 1. The van der Waals surface area contributed by atoms with Crippen LogP contribution in [-0.2, 0) is 16.6 Å². The van der Waals surface area contributed by atoms with Gasteiger partial charge in [-0.25, -0.2) is 4.79 Å². The zero-order valence-electron chi connectivity index (χ0n) is 22.0. The number of nitro groups is 1. The zero-order valence-corrected chi connectivity index (χ0v) is 22.9. The molecule has 0 radical (unpaired) electrons. The number of ether oxygens (including phenoxy) is 1. The normalized spacial score (nSPS) is 11.6. The van der Waals surface area contributed by atoms with Crippen LogP contribution >= 0.6 is 11.8 Å². The quantitative estimate of drug-likeness (QED) is 0.145. The van der Waals surface area contributed by atoms with Crippen molar-refractivity contribution in [1.29, 1.82) is 0 Å². The van der Waals surface area contributed by atoms with Gasteiger partial charge in [0.25, 0.3) is 11.6 Å². The van der Waals surface area contributed by atoms with Gasteiger partial charge in [0.05, 0.1) is 28.9 Å². The number of non-ortho nitro benzene ring substituents is 1. The fraction of sp³-hybridized carbons (Fsp3) is 0.346. The fourth-order valence-corrected chi connectivity index (χ4v) is 4.28. The first-order chi connectivity index (χ1) is 18.6. The smallest absolute Gasteiger partial charge is 0.338 e. The predicted octanol–water partition coefficient (Wildman–Crippen LogP) is 4.15. The van der Waals surface area contributed by atoms with Crippen LogP contribution in [0.15, 0.2) is 53.7 Å². The Bertz CT molecular complexity index is 1360. The van der Waals surface area contributed by atoms with E-state index in [2.05, 4.69) is 20.8 Å². The molecule has 1 heterocycles. The molecular formula is C26H30N6O6S.